The number of fused-ring (bicyclic) bond motifs is 5. The number of nitrogens with one attached hydrogen (secondary N) is 1. The van der Waals surface area contributed by atoms with Crippen LogP contribution < -0.4 is 10.2 Å². The number of nitrogens with zero attached hydrogens (tertiary/aromatic N) is 1. The first kappa shape index (κ1) is 14.6. The average Bonchev–Trinajstić information content (AvgIpc) is 2.99. The summed E-state index contributed by atoms with van der Waals surface area (Å²) in [7, 11) is 0. The Morgan fingerprint density at radius 2 is 1.91 bits per heavy atom. The second kappa shape index (κ2) is 5.02. The minimum Gasteiger partial charge on any atom is -0.375 e. The van der Waals surface area contributed by atoms with Crippen LogP contribution in [0, 0.1) is 6.92 Å². The Morgan fingerprint density at radius 3 is 2.65 bits per heavy atom. The van der Waals surface area contributed by atoms with E-state index in [4.69, 9.17) is 0 Å². The normalized spacial score (nSPS) is 23.9. The largest absolute Gasteiger partial charge is 0.375 e. The van der Waals surface area contributed by atoms with Gasteiger partial charge in [0.1, 0.15) is 0 Å². The van der Waals surface area contributed by atoms with E-state index in [0.717, 1.165) is 19.5 Å². The van der Waals surface area contributed by atoms with Crippen molar-refractivity contribution in [2.24, 2.45) is 0 Å². The maximum atomic E-state index is 3.88. The number of hydrogen-bond donors (Lipinski definition) is 1. The maximum Gasteiger partial charge on any atom is 0.0672 e. The first-order chi connectivity index (χ1) is 11.1. The maximum absolute atomic E-state index is 3.88. The highest BCUT2D eigenvalue weighted by molar-refractivity contribution is 5.74. The van der Waals surface area contributed by atoms with Gasteiger partial charge in [-0.1, -0.05) is 24.3 Å². The van der Waals surface area contributed by atoms with E-state index in [-0.39, 0.29) is 5.54 Å². The summed E-state index contributed by atoms with van der Waals surface area (Å²) in [6.07, 6.45) is 1.15. The van der Waals surface area contributed by atoms with Gasteiger partial charge in [-0.15, -0.1) is 0 Å². The van der Waals surface area contributed by atoms with Gasteiger partial charge in [-0.25, -0.2) is 0 Å². The average molecular weight is 306 g/mol. The molecule has 2 aliphatic rings. The van der Waals surface area contributed by atoms with Crippen molar-refractivity contribution >= 4 is 11.4 Å². The standard InChI is InChI=1S/C21H26N2/c1-5-23(6-2)16-11-14(3)20-17(13-16)19-12-15-9-7-8-10-18(15)21(19,4)22-20/h7-11,13,19,22H,5-6,12H2,1-4H3/t19-,21-/m0/s1. The van der Waals surface area contributed by atoms with E-state index in [2.05, 4.69) is 74.3 Å². The number of anilines is 2. The van der Waals surface area contributed by atoms with Gasteiger partial charge in [-0.05, 0) is 68.5 Å². The van der Waals surface area contributed by atoms with Gasteiger partial charge >= 0.3 is 0 Å². The van der Waals surface area contributed by atoms with Crippen LogP contribution in [0.2, 0.25) is 0 Å². The molecule has 0 aromatic heterocycles. The van der Waals surface area contributed by atoms with Gasteiger partial charge < -0.3 is 10.2 Å². The highest BCUT2D eigenvalue weighted by Gasteiger charge is 2.49. The second-order valence-electron chi connectivity index (χ2n) is 7.14. The zero-order valence-electron chi connectivity index (χ0n) is 14.6. The lowest BCUT2D eigenvalue weighted by molar-refractivity contribution is 0.491. The van der Waals surface area contributed by atoms with Crippen molar-refractivity contribution in [1.82, 2.24) is 0 Å². The third-order valence-electron chi connectivity index (χ3n) is 5.94. The van der Waals surface area contributed by atoms with E-state index in [9.17, 15) is 0 Å². The van der Waals surface area contributed by atoms with Gasteiger partial charge in [0.05, 0.1) is 5.54 Å². The van der Waals surface area contributed by atoms with Crippen LogP contribution >= 0.6 is 0 Å². The summed E-state index contributed by atoms with van der Waals surface area (Å²) in [4.78, 5) is 2.45. The fraction of sp³-hybridized carbons (Fsp3) is 0.429. The number of hydrogen-bond acceptors (Lipinski definition) is 2. The van der Waals surface area contributed by atoms with E-state index in [1.807, 2.05) is 0 Å². The smallest absolute Gasteiger partial charge is 0.0672 e. The van der Waals surface area contributed by atoms with Crippen LogP contribution in [-0.2, 0) is 12.0 Å². The van der Waals surface area contributed by atoms with E-state index in [1.54, 1.807) is 0 Å². The molecule has 1 aliphatic carbocycles. The lowest BCUT2D eigenvalue weighted by Gasteiger charge is -2.27. The van der Waals surface area contributed by atoms with E-state index in [1.165, 1.54) is 33.6 Å². The van der Waals surface area contributed by atoms with E-state index in [0.29, 0.717) is 5.92 Å². The van der Waals surface area contributed by atoms with Crippen molar-refractivity contribution in [1.29, 1.82) is 0 Å². The topological polar surface area (TPSA) is 15.3 Å². The Bertz CT molecular complexity index is 760. The summed E-state index contributed by atoms with van der Waals surface area (Å²) >= 11 is 0. The molecule has 0 saturated heterocycles. The molecular weight excluding hydrogens is 280 g/mol. The molecule has 2 aromatic rings. The predicted octanol–water partition coefficient (Wildman–Crippen LogP) is 4.82. The van der Waals surface area contributed by atoms with Crippen molar-refractivity contribution in [2.75, 3.05) is 23.3 Å². The Balaban J connectivity index is 1.83. The summed E-state index contributed by atoms with van der Waals surface area (Å²) in [5.74, 6) is 0.545. The quantitative estimate of drug-likeness (QED) is 0.874. The lowest BCUT2D eigenvalue weighted by Crippen LogP contribution is -2.29. The molecule has 0 unspecified atom stereocenters. The SMILES string of the molecule is CCN(CC)c1cc(C)c2c(c1)[C@@H]1Cc3ccccc3[C@]1(C)N2. The van der Waals surface area contributed by atoms with Crippen LogP contribution in [0.3, 0.4) is 0 Å². The van der Waals surface area contributed by atoms with Gasteiger partial charge in [-0.3, -0.25) is 0 Å². The van der Waals surface area contributed by atoms with Crippen molar-refractivity contribution in [3.05, 3.63) is 58.7 Å². The molecule has 0 bridgehead atoms. The molecular formula is C21H26N2. The molecule has 0 saturated carbocycles. The van der Waals surface area contributed by atoms with Crippen LogP contribution in [0.1, 0.15) is 48.9 Å². The van der Waals surface area contributed by atoms with Crippen LogP contribution in [0.25, 0.3) is 0 Å². The summed E-state index contributed by atoms with van der Waals surface area (Å²) in [5, 5.41) is 3.88. The predicted molar refractivity (Wildman–Crippen MR) is 98.6 cm³/mol. The fourth-order valence-electron chi connectivity index (χ4n) is 4.66. The first-order valence-corrected chi connectivity index (χ1v) is 8.84. The first-order valence-electron chi connectivity index (χ1n) is 8.84. The monoisotopic (exact) mass is 306 g/mol. The molecule has 2 atom stereocenters. The Kier molecular flexibility index (Phi) is 3.19. The van der Waals surface area contributed by atoms with Crippen LogP contribution in [0.5, 0.6) is 0 Å². The summed E-state index contributed by atoms with van der Waals surface area (Å²) in [6, 6.07) is 13.7. The number of benzene rings is 2. The van der Waals surface area contributed by atoms with Crippen molar-refractivity contribution in [3.8, 4) is 0 Å². The molecule has 0 radical (unpaired) electrons. The van der Waals surface area contributed by atoms with Crippen LogP contribution in [0.4, 0.5) is 11.4 Å². The van der Waals surface area contributed by atoms with Crippen LogP contribution in [0.15, 0.2) is 36.4 Å². The molecule has 4 rings (SSSR count). The number of aryl methyl sites for hydroxylation is 1. The van der Waals surface area contributed by atoms with Gasteiger partial charge in [-0.2, -0.15) is 0 Å². The summed E-state index contributed by atoms with van der Waals surface area (Å²) in [5.41, 5.74) is 8.64. The molecule has 1 aliphatic heterocycles. The minimum atomic E-state index is 0.0472. The van der Waals surface area contributed by atoms with Gasteiger partial charge in [0.2, 0.25) is 0 Å². The van der Waals surface area contributed by atoms with Crippen LogP contribution in [-0.4, -0.2) is 13.1 Å². The second-order valence-corrected chi connectivity index (χ2v) is 7.14. The third-order valence-corrected chi connectivity index (χ3v) is 5.94. The molecule has 0 amide bonds. The zero-order valence-corrected chi connectivity index (χ0v) is 14.6. The van der Waals surface area contributed by atoms with Gasteiger partial charge in [0.25, 0.3) is 0 Å². The Morgan fingerprint density at radius 1 is 1.17 bits per heavy atom. The molecule has 1 N–H and O–H groups in total. The van der Waals surface area contributed by atoms with Gasteiger partial charge in [0.15, 0.2) is 0 Å². The molecule has 2 heteroatoms. The number of rotatable bonds is 3. The molecule has 0 fully saturated rings. The summed E-state index contributed by atoms with van der Waals surface area (Å²) < 4.78 is 0. The lowest BCUT2D eigenvalue weighted by atomic mass is 9.84. The van der Waals surface area contributed by atoms with Crippen molar-refractivity contribution in [3.63, 3.8) is 0 Å². The molecule has 120 valence electrons. The van der Waals surface area contributed by atoms with Gasteiger partial charge in [0, 0.05) is 30.4 Å². The van der Waals surface area contributed by atoms with E-state index >= 15 is 0 Å². The Hall–Kier alpha value is -1.96. The molecule has 23 heavy (non-hydrogen) atoms. The third kappa shape index (κ3) is 1.94. The molecule has 1 heterocycles. The fourth-order valence-corrected chi connectivity index (χ4v) is 4.66. The highest BCUT2D eigenvalue weighted by Crippen LogP contribution is 2.56. The highest BCUT2D eigenvalue weighted by atomic mass is 15.1. The zero-order chi connectivity index (χ0) is 16.2. The molecule has 2 aromatic carbocycles. The minimum absolute atomic E-state index is 0.0472. The van der Waals surface area contributed by atoms with Crippen molar-refractivity contribution in [2.45, 2.75) is 45.6 Å². The molecule has 0 spiro atoms. The molecule has 2 nitrogen and oxygen atoms in total. The summed E-state index contributed by atoms with van der Waals surface area (Å²) in [6.45, 7) is 11.2. The van der Waals surface area contributed by atoms with Crippen molar-refractivity contribution < 1.29 is 0 Å². The Labute approximate surface area is 139 Å². The van der Waals surface area contributed by atoms with E-state index < -0.39 is 0 Å².